The molecule has 4 rings (SSSR count). The number of rotatable bonds is 6. The monoisotopic (exact) mass is 426 g/mol. The predicted octanol–water partition coefficient (Wildman–Crippen LogP) is 3.65. The molecule has 0 aromatic heterocycles. The number of anilines is 2. The Morgan fingerprint density at radius 3 is 2.32 bits per heavy atom. The minimum atomic E-state index is 0.0269. The summed E-state index contributed by atoms with van der Waals surface area (Å²) in [6.07, 6.45) is 9.55. The van der Waals surface area contributed by atoms with Gasteiger partial charge in [0.25, 0.3) is 0 Å². The predicted molar refractivity (Wildman–Crippen MR) is 125 cm³/mol. The van der Waals surface area contributed by atoms with Gasteiger partial charge in [-0.2, -0.15) is 0 Å². The number of nitrogens with one attached hydrogen (secondary N) is 1. The van der Waals surface area contributed by atoms with Crippen LogP contribution in [0.15, 0.2) is 18.2 Å². The van der Waals surface area contributed by atoms with Crippen molar-refractivity contribution in [2.24, 2.45) is 5.92 Å². The first-order valence-electron chi connectivity index (χ1n) is 12.2. The molecule has 170 valence electrons. The fraction of sp³-hybridized carbons (Fsp3) is 0.680. The van der Waals surface area contributed by atoms with Gasteiger partial charge in [0.1, 0.15) is 0 Å². The molecule has 2 heterocycles. The van der Waals surface area contributed by atoms with Crippen molar-refractivity contribution in [3.63, 3.8) is 0 Å². The van der Waals surface area contributed by atoms with Crippen molar-refractivity contribution in [3.05, 3.63) is 23.8 Å². The Bertz CT molecular complexity index is 761. The Kier molecular flexibility index (Phi) is 7.49. The molecule has 1 N–H and O–H groups in total. The third kappa shape index (κ3) is 6.00. The number of carbonyl (C=O) groups is 2. The highest BCUT2D eigenvalue weighted by molar-refractivity contribution is 5.93. The number of amides is 2. The van der Waals surface area contributed by atoms with Crippen LogP contribution in [0.3, 0.4) is 0 Å². The lowest BCUT2D eigenvalue weighted by Gasteiger charge is -2.35. The average Bonchev–Trinajstić information content (AvgIpc) is 3.31. The summed E-state index contributed by atoms with van der Waals surface area (Å²) in [5.74, 6) is 0.925. The second kappa shape index (κ2) is 10.5. The van der Waals surface area contributed by atoms with Crippen LogP contribution in [0.1, 0.15) is 56.9 Å². The van der Waals surface area contributed by atoms with Gasteiger partial charge in [-0.25, -0.2) is 0 Å². The topological polar surface area (TPSA) is 55.9 Å². The van der Waals surface area contributed by atoms with E-state index in [2.05, 4.69) is 34.2 Å². The van der Waals surface area contributed by atoms with Crippen molar-refractivity contribution < 1.29 is 9.59 Å². The SMILES string of the molecule is Cc1cc(N2CCCC2)ccc1NC(=O)CN1CCN(C(=O)CC2CCCCC2)CC1. The van der Waals surface area contributed by atoms with E-state index in [9.17, 15) is 9.59 Å². The zero-order chi connectivity index (χ0) is 21.6. The number of benzene rings is 1. The number of nitrogens with zero attached hydrogens (tertiary/aromatic N) is 3. The van der Waals surface area contributed by atoms with Gasteiger partial charge in [-0.1, -0.05) is 19.3 Å². The molecule has 3 aliphatic rings. The number of hydrogen-bond donors (Lipinski definition) is 1. The van der Waals surface area contributed by atoms with Crippen molar-refractivity contribution in [1.29, 1.82) is 0 Å². The quantitative estimate of drug-likeness (QED) is 0.754. The van der Waals surface area contributed by atoms with E-state index in [-0.39, 0.29) is 5.91 Å². The summed E-state index contributed by atoms with van der Waals surface area (Å²) in [6.45, 7) is 7.72. The summed E-state index contributed by atoms with van der Waals surface area (Å²) in [7, 11) is 0. The summed E-state index contributed by atoms with van der Waals surface area (Å²) in [6, 6.07) is 6.32. The van der Waals surface area contributed by atoms with Crippen molar-refractivity contribution in [2.75, 3.05) is 56.0 Å². The van der Waals surface area contributed by atoms with Crippen molar-refractivity contribution in [2.45, 2.75) is 58.3 Å². The highest BCUT2D eigenvalue weighted by atomic mass is 16.2. The third-order valence-corrected chi connectivity index (χ3v) is 7.24. The highest BCUT2D eigenvalue weighted by Gasteiger charge is 2.25. The van der Waals surface area contributed by atoms with Gasteiger partial charge >= 0.3 is 0 Å². The summed E-state index contributed by atoms with van der Waals surface area (Å²) in [5.41, 5.74) is 3.26. The molecular formula is C25H38N4O2. The van der Waals surface area contributed by atoms with Crippen LogP contribution in [0.4, 0.5) is 11.4 Å². The Balaban J connectivity index is 1.20. The Morgan fingerprint density at radius 2 is 1.65 bits per heavy atom. The smallest absolute Gasteiger partial charge is 0.238 e. The Labute approximate surface area is 187 Å². The number of aryl methyl sites for hydroxylation is 1. The van der Waals surface area contributed by atoms with Crippen molar-refractivity contribution >= 4 is 23.2 Å². The summed E-state index contributed by atoms with van der Waals surface area (Å²) < 4.78 is 0. The van der Waals surface area contributed by atoms with Gasteiger partial charge in [0.2, 0.25) is 11.8 Å². The van der Waals surface area contributed by atoms with Gasteiger partial charge in [0.05, 0.1) is 6.54 Å². The van der Waals surface area contributed by atoms with Crippen LogP contribution in [-0.4, -0.2) is 67.4 Å². The standard InChI is InChI=1S/C25H38N4O2/c1-20-17-22(28-11-5-6-12-28)9-10-23(20)26-24(30)19-27-13-15-29(16-14-27)25(31)18-21-7-3-2-4-8-21/h9-10,17,21H,2-8,11-16,18-19H2,1H3,(H,26,30). The second-order valence-electron chi connectivity index (χ2n) is 9.61. The number of piperazine rings is 1. The molecule has 0 atom stereocenters. The normalized spacial score (nSPS) is 20.8. The molecule has 1 saturated carbocycles. The zero-order valence-corrected chi connectivity index (χ0v) is 19.1. The molecular weight excluding hydrogens is 388 g/mol. The minimum absolute atomic E-state index is 0.0269. The molecule has 6 heteroatoms. The van der Waals surface area contributed by atoms with Crippen LogP contribution in [0.2, 0.25) is 0 Å². The van der Waals surface area contributed by atoms with Gasteiger partial charge in [-0.3, -0.25) is 14.5 Å². The van der Waals surface area contributed by atoms with E-state index in [1.807, 2.05) is 11.0 Å². The largest absolute Gasteiger partial charge is 0.372 e. The molecule has 6 nitrogen and oxygen atoms in total. The molecule has 0 radical (unpaired) electrons. The van der Waals surface area contributed by atoms with Crippen molar-refractivity contribution in [1.82, 2.24) is 9.80 Å². The van der Waals surface area contributed by atoms with Gasteiger partial charge < -0.3 is 15.1 Å². The third-order valence-electron chi connectivity index (χ3n) is 7.24. The molecule has 1 aliphatic carbocycles. The molecule has 31 heavy (non-hydrogen) atoms. The van der Waals surface area contributed by atoms with E-state index in [4.69, 9.17) is 0 Å². The van der Waals surface area contributed by atoms with Crippen LogP contribution in [0, 0.1) is 12.8 Å². The number of hydrogen-bond acceptors (Lipinski definition) is 4. The maximum absolute atomic E-state index is 12.6. The molecule has 1 aromatic rings. The summed E-state index contributed by atoms with van der Waals surface area (Å²) in [4.78, 5) is 31.8. The highest BCUT2D eigenvalue weighted by Crippen LogP contribution is 2.27. The maximum Gasteiger partial charge on any atom is 0.238 e. The molecule has 2 amide bonds. The first kappa shape index (κ1) is 22.1. The molecule has 0 spiro atoms. The van der Waals surface area contributed by atoms with Gasteiger partial charge in [0, 0.05) is 57.1 Å². The van der Waals surface area contributed by atoms with Crippen molar-refractivity contribution in [3.8, 4) is 0 Å². The minimum Gasteiger partial charge on any atom is -0.372 e. The van der Waals surface area contributed by atoms with E-state index < -0.39 is 0 Å². The molecule has 2 saturated heterocycles. The first-order chi connectivity index (χ1) is 15.1. The number of carbonyl (C=O) groups excluding carboxylic acids is 2. The lowest BCUT2D eigenvalue weighted by molar-refractivity contribution is -0.134. The van der Waals surface area contributed by atoms with Gasteiger partial charge in [-0.05, 0) is 62.3 Å². The van der Waals surface area contributed by atoms with Crippen LogP contribution in [-0.2, 0) is 9.59 Å². The van der Waals surface area contributed by atoms with Crippen LogP contribution in [0.5, 0.6) is 0 Å². The Hall–Kier alpha value is -2.08. The fourth-order valence-electron chi connectivity index (χ4n) is 5.28. The van der Waals surface area contributed by atoms with Gasteiger partial charge in [-0.15, -0.1) is 0 Å². The van der Waals surface area contributed by atoms with E-state index >= 15 is 0 Å². The van der Waals surface area contributed by atoms with Gasteiger partial charge in [0.15, 0.2) is 0 Å². The van der Waals surface area contributed by atoms with Crippen LogP contribution < -0.4 is 10.2 Å². The molecule has 3 fully saturated rings. The van der Waals surface area contributed by atoms with E-state index in [0.717, 1.165) is 50.5 Å². The van der Waals surface area contributed by atoms with E-state index in [1.54, 1.807) is 0 Å². The molecule has 2 aliphatic heterocycles. The average molecular weight is 427 g/mol. The zero-order valence-electron chi connectivity index (χ0n) is 19.1. The first-order valence-corrected chi connectivity index (χ1v) is 12.2. The summed E-state index contributed by atoms with van der Waals surface area (Å²) in [5, 5.41) is 3.08. The summed E-state index contributed by atoms with van der Waals surface area (Å²) >= 11 is 0. The molecule has 1 aromatic carbocycles. The van der Waals surface area contributed by atoms with E-state index in [0.29, 0.717) is 24.8 Å². The maximum atomic E-state index is 12.6. The molecule has 0 bridgehead atoms. The van der Waals surface area contributed by atoms with E-state index in [1.165, 1.54) is 50.6 Å². The second-order valence-corrected chi connectivity index (χ2v) is 9.61. The lowest BCUT2D eigenvalue weighted by Crippen LogP contribution is -2.50. The fourth-order valence-corrected chi connectivity index (χ4v) is 5.28. The van der Waals surface area contributed by atoms with Crippen LogP contribution >= 0.6 is 0 Å². The van der Waals surface area contributed by atoms with Crippen LogP contribution in [0.25, 0.3) is 0 Å². The molecule has 0 unspecified atom stereocenters. The Morgan fingerprint density at radius 1 is 0.935 bits per heavy atom. The lowest BCUT2D eigenvalue weighted by atomic mass is 9.86.